The molecule has 2 aromatic rings. The summed E-state index contributed by atoms with van der Waals surface area (Å²) >= 11 is 0. The van der Waals surface area contributed by atoms with E-state index < -0.39 is 33.2 Å². The monoisotopic (exact) mass is 463 g/mol. The number of carbonyl (C=O) groups excluding carboxylic acids is 2. The lowest BCUT2D eigenvalue weighted by Gasteiger charge is -2.46. The normalized spacial score (nSPS) is 19.6. The molecule has 0 unspecified atom stereocenters. The van der Waals surface area contributed by atoms with Gasteiger partial charge in [0, 0.05) is 19.6 Å². The van der Waals surface area contributed by atoms with Gasteiger partial charge in [-0.2, -0.15) is 4.31 Å². The maximum atomic E-state index is 13.3. The lowest BCUT2D eigenvalue weighted by atomic mass is 9.94. The summed E-state index contributed by atoms with van der Waals surface area (Å²) in [7, 11) is -2.17. The van der Waals surface area contributed by atoms with Crippen LogP contribution in [0, 0.1) is 5.82 Å². The molecule has 0 aliphatic carbocycles. The minimum absolute atomic E-state index is 0.105. The maximum Gasteiger partial charge on any atom is 0.247 e. The fourth-order valence-electron chi connectivity index (χ4n) is 3.62. The van der Waals surface area contributed by atoms with Crippen molar-refractivity contribution in [3.05, 3.63) is 65.5 Å². The minimum Gasteiger partial charge on any atom is -0.497 e. The van der Waals surface area contributed by atoms with Gasteiger partial charge in [0.1, 0.15) is 17.1 Å². The second-order valence-electron chi connectivity index (χ2n) is 7.95. The molecule has 2 amide bonds. The Bertz CT molecular complexity index is 1110. The molecule has 32 heavy (non-hydrogen) atoms. The Morgan fingerprint density at radius 3 is 2.50 bits per heavy atom. The number of ether oxygens (including phenoxy) is 1. The van der Waals surface area contributed by atoms with Crippen molar-refractivity contribution in [1.29, 1.82) is 0 Å². The Labute approximate surface area is 187 Å². The van der Waals surface area contributed by atoms with Crippen LogP contribution in [0.15, 0.2) is 48.5 Å². The number of benzene rings is 2. The van der Waals surface area contributed by atoms with Gasteiger partial charge in [0.25, 0.3) is 0 Å². The lowest BCUT2D eigenvalue weighted by molar-refractivity contribution is -0.153. The molecule has 2 aromatic carbocycles. The van der Waals surface area contributed by atoms with Crippen molar-refractivity contribution in [1.82, 2.24) is 14.5 Å². The van der Waals surface area contributed by atoms with E-state index in [0.29, 0.717) is 11.3 Å². The smallest absolute Gasteiger partial charge is 0.247 e. The molecule has 1 heterocycles. The van der Waals surface area contributed by atoms with E-state index in [9.17, 15) is 22.4 Å². The fraction of sp³-hybridized carbons (Fsp3) is 0.364. The summed E-state index contributed by atoms with van der Waals surface area (Å²) in [6.07, 6.45) is 1.01. The van der Waals surface area contributed by atoms with E-state index >= 15 is 0 Å². The zero-order valence-electron chi connectivity index (χ0n) is 18.2. The number of rotatable bonds is 7. The Morgan fingerprint density at radius 1 is 1.19 bits per heavy atom. The van der Waals surface area contributed by atoms with Gasteiger partial charge in [0.15, 0.2) is 0 Å². The zero-order chi connectivity index (χ0) is 23.5. The number of nitrogens with zero attached hydrogens (tertiary/aromatic N) is 2. The summed E-state index contributed by atoms with van der Waals surface area (Å²) in [6, 6.07) is 12.8. The summed E-state index contributed by atoms with van der Waals surface area (Å²) in [6.45, 7) is 1.23. The van der Waals surface area contributed by atoms with Crippen molar-refractivity contribution >= 4 is 21.8 Å². The van der Waals surface area contributed by atoms with Crippen molar-refractivity contribution in [3.8, 4) is 5.75 Å². The topological polar surface area (TPSA) is 96.0 Å². The van der Waals surface area contributed by atoms with E-state index in [0.717, 1.165) is 16.1 Å². The molecule has 172 valence electrons. The Balaban J connectivity index is 1.88. The second kappa shape index (κ2) is 9.25. The molecule has 0 aromatic heterocycles. The molecular weight excluding hydrogens is 437 g/mol. The SMILES string of the molecule is COc1cccc(CN2C(=O)CN(S(C)(=O)=O)C[C@]2(C)C(=O)NCc2ccc(F)cc2)c1. The third-order valence-corrected chi connectivity index (χ3v) is 6.69. The first-order chi connectivity index (χ1) is 15.0. The standard InChI is InChI=1S/C22H26FN3O5S/c1-22(21(28)24-12-16-7-9-18(23)10-8-16)15-25(32(3,29)30)14-20(27)26(22)13-17-5-4-6-19(11-17)31-2/h4-11H,12-15H2,1-3H3,(H,24,28)/t22-/m1/s1. The molecule has 0 spiro atoms. The van der Waals surface area contributed by atoms with E-state index in [-0.39, 0.29) is 26.2 Å². The van der Waals surface area contributed by atoms with Crippen molar-refractivity contribution < 1.29 is 27.1 Å². The average Bonchev–Trinajstić information content (AvgIpc) is 2.75. The maximum absolute atomic E-state index is 13.3. The molecule has 0 bridgehead atoms. The van der Waals surface area contributed by atoms with Gasteiger partial charge in [-0.1, -0.05) is 24.3 Å². The molecule has 1 aliphatic heterocycles. The van der Waals surface area contributed by atoms with Crippen molar-refractivity contribution in [2.75, 3.05) is 26.5 Å². The molecule has 3 rings (SSSR count). The number of carbonyl (C=O) groups is 2. The van der Waals surface area contributed by atoms with Gasteiger partial charge < -0.3 is 15.0 Å². The number of piperazine rings is 1. The largest absolute Gasteiger partial charge is 0.497 e. The van der Waals surface area contributed by atoms with Gasteiger partial charge >= 0.3 is 0 Å². The van der Waals surface area contributed by atoms with E-state index in [4.69, 9.17) is 4.74 Å². The summed E-state index contributed by atoms with van der Waals surface area (Å²) in [5.41, 5.74) is -0.0468. The lowest BCUT2D eigenvalue weighted by Crippen LogP contribution is -2.69. The van der Waals surface area contributed by atoms with Crippen LogP contribution < -0.4 is 10.1 Å². The van der Waals surface area contributed by atoms with E-state index in [1.165, 1.54) is 24.1 Å². The predicted octanol–water partition coefficient (Wildman–Crippen LogP) is 1.51. The fourth-order valence-corrected chi connectivity index (χ4v) is 4.45. The van der Waals surface area contributed by atoms with E-state index in [2.05, 4.69) is 5.32 Å². The third kappa shape index (κ3) is 5.25. The molecular formula is C22H26FN3O5S. The number of amides is 2. The van der Waals surface area contributed by atoms with Crippen LogP contribution in [0.4, 0.5) is 4.39 Å². The summed E-state index contributed by atoms with van der Waals surface area (Å²) in [5, 5.41) is 2.76. The molecule has 8 nitrogen and oxygen atoms in total. The van der Waals surface area contributed by atoms with Crippen LogP contribution in [0.3, 0.4) is 0 Å². The van der Waals surface area contributed by atoms with Gasteiger partial charge in [-0.05, 0) is 42.3 Å². The van der Waals surface area contributed by atoms with Crippen molar-refractivity contribution in [3.63, 3.8) is 0 Å². The van der Waals surface area contributed by atoms with Gasteiger partial charge in [0.2, 0.25) is 21.8 Å². The molecule has 1 fully saturated rings. The molecule has 1 saturated heterocycles. The Morgan fingerprint density at radius 2 is 1.88 bits per heavy atom. The average molecular weight is 464 g/mol. The first-order valence-corrected chi connectivity index (χ1v) is 11.8. The highest BCUT2D eigenvalue weighted by Gasteiger charge is 2.49. The number of sulfonamides is 1. The summed E-state index contributed by atoms with van der Waals surface area (Å²) in [5.74, 6) is -0.777. The number of methoxy groups -OCH3 is 1. The number of nitrogens with one attached hydrogen (secondary N) is 1. The highest BCUT2D eigenvalue weighted by atomic mass is 32.2. The molecule has 1 N–H and O–H groups in total. The molecule has 10 heteroatoms. The second-order valence-corrected chi connectivity index (χ2v) is 9.93. The Hall–Kier alpha value is -2.98. The highest BCUT2D eigenvalue weighted by molar-refractivity contribution is 7.88. The minimum atomic E-state index is -3.70. The van der Waals surface area contributed by atoms with E-state index in [1.54, 1.807) is 43.3 Å². The van der Waals surface area contributed by atoms with Gasteiger partial charge in [-0.25, -0.2) is 12.8 Å². The zero-order valence-corrected chi connectivity index (χ0v) is 19.0. The van der Waals surface area contributed by atoms with Crippen LogP contribution in [0.25, 0.3) is 0 Å². The first kappa shape index (κ1) is 23.7. The van der Waals surface area contributed by atoms with Gasteiger partial charge in [-0.3, -0.25) is 9.59 Å². The first-order valence-electron chi connectivity index (χ1n) is 9.94. The third-order valence-electron chi connectivity index (χ3n) is 5.49. The Kier molecular flexibility index (Phi) is 6.85. The molecule has 0 radical (unpaired) electrons. The quantitative estimate of drug-likeness (QED) is 0.672. The van der Waals surface area contributed by atoms with Crippen LogP contribution >= 0.6 is 0 Å². The summed E-state index contributed by atoms with van der Waals surface area (Å²) < 4.78 is 43.7. The number of hydrogen-bond acceptors (Lipinski definition) is 5. The summed E-state index contributed by atoms with van der Waals surface area (Å²) in [4.78, 5) is 27.7. The molecule has 0 saturated carbocycles. The molecule has 1 atom stereocenters. The van der Waals surface area contributed by atoms with Crippen LogP contribution in [-0.2, 0) is 32.7 Å². The number of halogens is 1. The predicted molar refractivity (Wildman–Crippen MR) is 117 cm³/mol. The molecule has 1 aliphatic rings. The highest BCUT2D eigenvalue weighted by Crippen LogP contribution is 2.27. The van der Waals surface area contributed by atoms with Gasteiger partial charge in [0.05, 0.1) is 19.9 Å². The van der Waals surface area contributed by atoms with Crippen LogP contribution in [0.1, 0.15) is 18.1 Å². The van der Waals surface area contributed by atoms with Crippen molar-refractivity contribution in [2.24, 2.45) is 0 Å². The van der Waals surface area contributed by atoms with Crippen molar-refractivity contribution in [2.45, 2.75) is 25.6 Å². The van der Waals surface area contributed by atoms with Crippen LogP contribution in [0.5, 0.6) is 5.75 Å². The van der Waals surface area contributed by atoms with Crippen LogP contribution in [-0.4, -0.2) is 61.4 Å². The number of hydrogen-bond donors (Lipinski definition) is 1. The van der Waals surface area contributed by atoms with Gasteiger partial charge in [-0.15, -0.1) is 0 Å². The van der Waals surface area contributed by atoms with Crippen LogP contribution in [0.2, 0.25) is 0 Å². The van der Waals surface area contributed by atoms with E-state index in [1.807, 2.05) is 0 Å².